The molecule has 2 atom stereocenters. The molecule has 0 radical (unpaired) electrons. The molecule has 5 nitrogen and oxygen atoms in total. The van der Waals surface area contributed by atoms with E-state index in [0.29, 0.717) is 19.4 Å². The lowest BCUT2D eigenvalue weighted by Gasteiger charge is -2.23. The molecule has 0 aliphatic carbocycles. The van der Waals surface area contributed by atoms with Crippen molar-refractivity contribution in [2.45, 2.75) is 78.6 Å². The normalized spacial score (nSPS) is 13.7. The highest BCUT2D eigenvalue weighted by molar-refractivity contribution is 7.99. The maximum absolute atomic E-state index is 11.0. The van der Waals surface area contributed by atoms with Gasteiger partial charge >= 0.3 is 0 Å². The van der Waals surface area contributed by atoms with E-state index < -0.39 is 0 Å². The largest absolute Gasteiger partial charge is 0.384 e. The summed E-state index contributed by atoms with van der Waals surface area (Å²) in [6.07, 6.45) is 12.3. The first-order chi connectivity index (χ1) is 14.6. The Morgan fingerprint density at radius 3 is 2.29 bits per heavy atom. The fraction of sp³-hybridized carbons (Fsp3) is 0.583. The zero-order valence-electron chi connectivity index (χ0n) is 20.1. The maximum Gasteiger partial charge on any atom is 0.209 e. The predicted octanol–water partition coefficient (Wildman–Crippen LogP) is 4.04. The van der Waals surface area contributed by atoms with Crippen LogP contribution in [0.1, 0.15) is 60.3 Å². The van der Waals surface area contributed by atoms with Crippen LogP contribution in [0.15, 0.2) is 47.2 Å². The molecule has 31 heavy (non-hydrogen) atoms. The number of hydrogen-bond donors (Lipinski definition) is 3. The fourth-order valence-electron chi connectivity index (χ4n) is 2.97. The zero-order chi connectivity index (χ0) is 23.6. The van der Waals surface area contributed by atoms with Gasteiger partial charge in [0.25, 0.3) is 0 Å². The number of carbonyl (C=O) groups is 2. The van der Waals surface area contributed by atoms with E-state index in [1.807, 2.05) is 11.8 Å². The van der Waals surface area contributed by atoms with Gasteiger partial charge in [-0.2, -0.15) is 11.8 Å². The number of amides is 2. The summed E-state index contributed by atoms with van der Waals surface area (Å²) in [6.45, 7) is 14.8. The van der Waals surface area contributed by atoms with E-state index in [1.54, 1.807) is 0 Å². The van der Waals surface area contributed by atoms with Crippen LogP contribution in [0.5, 0.6) is 0 Å². The van der Waals surface area contributed by atoms with Crippen LogP contribution < -0.4 is 16.4 Å². The minimum Gasteiger partial charge on any atom is -0.384 e. The van der Waals surface area contributed by atoms with E-state index in [1.165, 1.54) is 16.7 Å². The van der Waals surface area contributed by atoms with Gasteiger partial charge < -0.3 is 16.4 Å². The Hall–Kier alpha value is -1.89. The Morgan fingerprint density at radius 2 is 1.71 bits per heavy atom. The highest BCUT2D eigenvalue weighted by atomic mass is 32.2. The summed E-state index contributed by atoms with van der Waals surface area (Å²) >= 11 is 1.86. The van der Waals surface area contributed by atoms with Gasteiger partial charge in [0.05, 0.1) is 0 Å². The van der Waals surface area contributed by atoms with Crippen LogP contribution in [-0.2, 0) is 9.59 Å². The van der Waals surface area contributed by atoms with Gasteiger partial charge in [0.2, 0.25) is 12.3 Å². The molecule has 2 unspecified atom stereocenters. The van der Waals surface area contributed by atoms with Crippen LogP contribution in [0.3, 0.4) is 0 Å². The molecule has 0 saturated carbocycles. The third-order valence-corrected chi connectivity index (χ3v) is 5.98. The lowest BCUT2D eigenvalue weighted by atomic mass is 9.65. The van der Waals surface area contributed by atoms with Crippen molar-refractivity contribution in [2.75, 3.05) is 11.5 Å². The quantitative estimate of drug-likeness (QED) is 0.128. The van der Waals surface area contributed by atoms with E-state index in [9.17, 15) is 9.59 Å². The molecule has 7 heteroatoms. The molecular formula is C24H42BN3O2S. The second kappa shape index (κ2) is 17.8. The molecule has 174 valence electrons. The summed E-state index contributed by atoms with van der Waals surface area (Å²) in [7, 11) is 0.449. The van der Waals surface area contributed by atoms with Crippen LogP contribution >= 0.6 is 11.8 Å². The maximum atomic E-state index is 11.0. The van der Waals surface area contributed by atoms with Crippen molar-refractivity contribution in [3.8, 4) is 0 Å². The van der Waals surface area contributed by atoms with Gasteiger partial charge in [0.15, 0.2) is 7.28 Å². The molecule has 0 spiro atoms. The predicted molar refractivity (Wildman–Crippen MR) is 139 cm³/mol. The molecule has 0 aliphatic rings. The number of primary amides is 1. The molecule has 2 amide bonds. The monoisotopic (exact) mass is 447 g/mol. The van der Waals surface area contributed by atoms with Crippen LogP contribution in [0.4, 0.5) is 0 Å². The number of allylic oxidation sites excluding steroid dienone is 5. The fourth-order valence-corrected chi connectivity index (χ4v) is 3.95. The van der Waals surface area contributed by atoms with Gasteiger partial charge in [-0.15, -0.1) is 0 Å². The summed E-state index contributed by atoms with van der Waals surface area (Å²) in [5, 5.41) is 6.02. The Labute approximate surface area is 194 Å². The SMILES string of the molecule is C=C(NC(C)CSC/C=C(\C)CC/C=C(\C)CCC=C(C)C)C(BCC(N)=O)NC=O. The standard InChI is InChI=1S/C24H42BN3O2S/c1-18(2)9-7-10-19(3)11-8-12-20(4)13-14-31-16-21(5)28-22(6)24(27-17-29)25-15-23(26)30/h9,11,13,17,21,24-25,28H,6-8,10,12,14-16H2,1-5H3,(H2,26,30)(H,27,29)/b19-11+,20-13+. The molecule has 0 aromatic rings. The van der Waals surface area contributed by atoms with Gasteiger partial charge in [0.1, 0.15) is 0 Å². The van der Waals surface area contributed by atoms with Crippen molar-refractivity contribution in [2.24, 2.45) is 5.73 Å². The molecule has 0 bridgehead atoms. The van der Waals surface area contributed by atoms with Crippen LogP contribution in [0.25, 0.3) is 0 Å². The van der Waals surface area contributed by atoms with Gasteiger partial charge in [-0.25, -0.2) is 0 Å². The van der Waals surface area contributed by atoms with Crippen molar-refractivity contribution in [1.29, 1.82) is 0 Å². The lowest BCUT2D eigenvalue weighted by molar-refractivity contribution is -0.116. The molecule has 0 aromatic carbocycles. The number of nitrogens with one attached hydrogen (secondary N) is 2. The highest BCUT2D eigenvalue weighted by Crippen LogP contribution is 2.13. The third kappa shape index (κ3) is 17.5. The van der Waals surface area contributed by atoms with E-state index in [0.717, 1.165) is 37.2 Å². The molecular weight excluding hydrogens is 405 g/mol. The smallest absolute Gasteiger partial charge is 0.209 e. The molecule has 0 aromatic heterocycles. The van der Waals surface area contributed by atoms with Crippen LogP contribution in [0.2, 0.25) is 6.32 Å². The summed E-state index contributed by atoms with van der Waals surface area (Å²) in [6, 6.07) is 0.210. The average molecular weight is 447 g/mol. The summed E-state index contributed by atoms with van der Waals surface area (Å²) in [5.74, 6) is 1.23. The van der Waals surface area contributed by atoms with Crippen molar-refractivity contribution in [1.82, 2.24) is 10.6 Å². The number of nitrogens with two attached hydrogens (primary N) is 1. The molecule has 0 heterocycles. The van der Waals surface area contributed by atoms with E-state index in [-0.39, 0.29) is 24.2 Å². The molecule has 0 saturated heterocycles. The minimum atomic E-state index is -0.384. The van der Waals surface area contributed by atoms with Crippen molar-refractivity contribution >= 4 is 31.4 Å². The van der Waals surface area contributed by atoms with Gasteiger partial charge in [-0.1, -0.05) is 41.5 Å². The van der Waals surface area contributed by atoms with Crippen LogP contribution in [0, 0.1) is 0 Å². The van der Waals surface area contributed by atoms with Gasteiger partial charge in [-0.3, -0.25) is 9.59 Å². The minimum absolute atomic E-state index is 0.210. The Bertz CT molecular complexity index is 655. The molecule has 0 rings (SSSR count). The second-order valence-electron chi connectivity index (χ2n) is 8.41. The van der Waals surface area contributed by atoms with Crippen molar-refractivity contribution in [3.05, 3.63) is 47.2 Å². The Morgan fingerprint density at radius 1 is 1.10 bits per heavy atom. The van der Waals surface area contributed by atoms with Crippen molar-refractivity contribution < 1.29 is 9.59 Å². The summed E-state index contributed by atoms with van der Waals surface area (Å²) in [5.41, 5.74) is 10.2. The average Bonchev–Trinajstić information content (AvgIpc) is 2.67. The summed E-state index contributed by atoms with van der Waals surface area (Å²) in [4.78, 5) is 21.8. The summed E-state index contributed by atoms with van der Waals surface area (Å²) < 4.78 is 0. The van der Waals surface area contributed by atoms with Gasteiger partial charge in [-0.05, 0) is 60.3 Å². The first kappa shape index (κ1) is 29.1. The topological polar surface area (TPSA) is 84.2 Å². The Balaban J connectivity index is 4.18. The molecule has 0 aliphatic heterocycles. The Kier molecular flexibility index (Phi) is 16.7. The third-order valence-electron chi connectivity index (χ3n) is 4.84. The zero-order valence-corrected chi connectivity index (χ0v) is 20.9. The van der Waals surface area contributed by atoms with Gasteiger partial charge in [0, 0.05) is 35.5 Å². The lowest BCUT2D eigenvalue weighted by Crippen LogP contribution is -2.43. The second-order valence-corrected chi connectivity index (χ2v) is 9.48. The van der Waals surface area contributed by atoms with E-state index >= 15 is 0 Å². The number of rotatable bonds is 18. The van der Waals surface area contributed by atoms with Crippen LogP contribution in [-0.4, -0.2) is 43.1 Å². The number of thioether (sulfide) groups is 1. The van der Waals surface area contributed by atoms with Crippen molar-refractivity contribution in [3.63, 3.8) is 0 Å². The first-order valence-corrected chi connectivity index (χ1v) is 12.3. The number of carbonyl (C=O) groups excluding carboxylic acids is 2. The molecule has 0 fully saturated rings. The molecule has 4 N–H and O–H groups in total. The van der Waals surface area contributed by atoms with E-state index in [4.69, 9.17) is 5.73 Å². The first-order valence-electron chi connectivity index (χ1n) is 11.1. The highest BCUT2D eigenvalue weighted by Gasteiger charge is 2.16. The van der Waals surface area contributed by atoms with E-state index in [2.05, 4.69) is 70.1 Å². The number of hydrogen-bond acceptors (Lipinski definition) is 4.